The fourth-order valence-electron chi connectivity index (χ4n) is 2.97. The number of nitriles is 1. The van der Waals surface area contributed by atoms with Crippen molar-refractivity contribution in [1.29, 1.82) is 5.26 Å². The Kier molecular flexibility index (Phi) is 5.88. The van der Waals surface area contributed by atoms with Gasteiger partial charge in [-0.25, -0.2) is 4.99 Å². The number of nitrogens with two attached hydrogens (primary N) is 2. The van der Waals surface area contributed by atoms with Gasteiger partial charge in [0.25, 0.3) is 0 Å². The van der Waals surface area contributed by atoms with Crippen LogP contribution in [0.4, 0.5) is 5.69 Å². The Morgan fingerprint density at radius 1 is 1.11 bits per heavy atom. The number of allylic oxidation sites excluding steroid dienone is 1. The zero-order valence-electron chi connectivity index (χ0n) is 15.1. The van der Waals surface area contributed by atoms with Crippen molar-refractivity contribution in [1.82, 2.24) is 0 Å². The van der Waals surface area contributed by atoms with E-state index in [1.54, 1.807) is 0 Å². The van der Waals surface area contributed by atoms with Crippen molar-refractivity contribution < 1.29 is 0 Å². The molecular weight excluding hydrogens is 360 g/mol. The molecular formula is C20H21ClN6. The van der Waals surface area contributed by atoms with Gasteiger partial charge in [0.1, 0.15) is 5.66 Å². The molecule has 3 rings (SSSR count). The molecule has 0 radical (unpaired) electrons. The van der Waals surface area contributed by atoms with E-state index in [-0.39, 0.29) is 24.3 Å². The highest BCUT2D eigenvalue weighted by Crippen LogP contribution is 2.29. The van der Waals surface area contributed by atoms with Gasteiger partial charge in [-0.2, -0.15) is 10.3 Å². The molecule has 1 heterocycles. The number of rotatable bonds is 3. The van der Waals surface area contributed by atoms with Crippen molar-refractivity contribution >= 4 is 41.7 Å². The first-order valence-corrected chi connectivity index (χ1v) is 8.18. The lowest BCUT2D eigenvalue weighted by Crippen LogP contribution is -2.54. The highest BCUT2D eigenvalue weighted by atomic mass is 35.5. The molecule has 2 aromatic carbocycles. The monoisotopic (exact) mass is 380 g/mol. The SMILES string of the molecule is CC1(C)N=C(N)N=C(N)N1c1cccc(C=C(C#N)c2ccccc2)c1.Cl. The van der Waals surface area contributed by atoms with Crippen LogP contribution in [0.1, 0.15) is 25.0 Å². The van der Waals surface area contributed by atoms with Crippen molar-refractivity contribution in [3.63, 3.8) is 0 Å². The van der Waals surface area contributed by atoms with Crippen LogP contribution >= 0.6 is 12.4 Å². The molecule has 0 amide bonds. The molecule has 0 bridgehead atoms. The lowest BCUT2D eigenvalue weighted by Gasteiger charge is -2.38. The van der Waals surface area contributed by atoms with Crippen molar-refractivity contribution in [2.45, 2.75) is 19.5 Å². The van der Waals surface area contributed by atoms with Gasteiger partial charge >= 0.3 is 0 Å². The van der Waals surface area contributed by atoms with Crippen LogP contribution in [0.15, 0.2) is 64.6 Å². The number of anilines is 1. The Balaban J connectivity index is 0.00000261. The number of hydrogen-bond acceptors (Lipinski definition) is 6. The van der Waals surface area contributed by atoms with Gasteiger partial charge in [-0.1, -0.05) is 42.5 Å². The summed E-state index contributed by atoms with van der Waals surface area (Å²) < 4.78 is 0. The van der Waals surface area contributed by atoms with Crippen molar-refractivity contribution in [3.8, 4) is 6.07 Å². The van der Waals surface area contributed by atoms with Crippen LogP contribution in [0.3, 0.4) is 0 Å². The predicted octanol–water partition coefficient (Wildman–Crippen LogP) is 3.36. The molecule has 138 valence electrons. The van der Waals surface area contributed by atoms with E-state index < -0.39 is 5.66 Å². The summed E-state index contributed by atoms with van der Waals surface area (Å²) in [5, 5.41) is 9.51. The number of hydrogen-bond donors (Lipinski definition) is 2. The molecule has 0 aromatic heterocycles. The molecule has 0 unspecified atom stereocenters. The van der Waals surface area contributed by atoms with Gasteiger partial charge in [0.05, 0.1) is 11.6 Å². The molecule has 6 nitrogen and oxygen atoms in total. The van der Waals surface area contributed by atoms with Gasteiger partial charge in [0.15, 0.2) is 0 Å². The lowest BCUT2D eigenvalue weighted by atomic mass is 10.0. The normalized spacial score (nSPS) is 15.9. The second-order valence-corrected chi connectivity index (χ2v) is 6.40. The van der Waals surface area contributed by atoms with E-state index in [9.17, 15) is 5.26 Å². The third-order valence-corrected chi connectivity index (χ3v) is 4.04. The second-order valence-electron chi connectivity index (χ2n) is 6.40. The minimum Gasteiger partial charge on any atom is -0.369 e. The Morgan fingerprint density at radius 2 is 1.81 bits per heavy atom. The second kappa shape index (κ2) is 7.94. The number of nitrogens with zero attached hydrogens (tertiary/aromatic N) is 4. The highest BCUT2D eigenvalue weighted by molar-refractivity contribution is 6.05. The van der Waals surface area contributed by atoms with E-state index in [4.69, 9.17) is 11.5 Å². The Morgan fingerprint density at radius 3 is 2.44 bits per heavy atom. The average Bonchev–Trinajstić information content (AvgIpc) is 2.59. The zero-order chi connectivity index (χ0) is 18.7. The summed E-state index contributed by atoms with van der Waals surface area (Å²) >= 11 is 0. The predicted molar refractivity (Wildman–Crippen MR) is 113 cm³/mol. The van der Waals surface area contributed by atoms with E-state index in [0.717, 1.165) is 16.8 Å². The van der Waals surface area contributed by atoms with E-state index in [2.05, 4.69) is 16.1 Å². The van der Waals surface area contributed by atoms with E-state index in [1.165, 1.54) is 0 Å². The van der Waals surface area contributed by atoms with Gasteiger partial charge in [0, 0.05) is 5.69 Å². The summed E-state index contributed by atoms with van der Waals surface area (Å²) in [6.45, 7) is 3.82. The van der Waals surface area contributed by atoms with Crippen LogP contribution in [0, 0.1) is 11.3 Å². The first kappa shape index (κ1) is 20.0. The van der Waals surface area contributed by atoms with E-state index in [1.807, 2.05) is 79.4 Å². The largest absolute Gasteiger partial charge is 0.369 e. The molecule has 0 spiro atoms. The molecule has 2 aromatic rings. The summed E-state index contributed by atoms with van der Waals surface area (Å²) in [4.78, 5) is 10.2. The summed E-state index contributed by atoms with van der Waals surface area (Å²) in [7, 11) is 0. The van der Waals surface area contributed by atoms with Crippen LogP contribution < -0.4 is 16.4 Å². The van der Waals surface area contributed by atoms with Crippen LogP contribution in [-0.2, 0) is 0 Å². The maximum absolute atomic E-state index is 9.51. The quantitative estimate of drug-likeness (QED) is 0.629. The van der Waals surface area contributed by atoms with E-state index >= 15 is 0 Å². The molecule has 0 aliphatic carbocycles. The summed E-state index contributed by atoms with van der Waals surface area (Å²) in [5.74, 6) is 0.447. The van der Waals surface area contributed by atoms with Crippen molar-refractivity contribution in [2.75, 3.05) is 4.90 Å². The number of aliphatic imine (C=N–C) groups is 2. The smallest absolute Gasteiger partial charge is 0.220 e. The molecule has 1 aliphatic rings. The summed E-state index contributed by atoms with van der Waals surface area (Å²) in [6, 6.07) is 19.5. The van der Waals surface area contributed by atoms with Gasteiger partial charge < -0.3 is 11.5 Å². The van der Waals surface area contributed by atoms with Crippen LogP contribution in [0.25, 0.3) is 11.6 Å². The Hall–Kier alpha value is -3.30. The molecule has 0 saturated heterocycles. The first-order valence-electron chi connectivity index (χ1n) is 8.18. The van der Waals surface area contributed by atoms with Gasteiger partial charge in [0.2, 0.25) is 11.9 Å². The Labute approximate surface area is 164 Å². The number of benzene rings is 2. The zero-order valence-corrected chi connectivity index (χ0v) is 15.9. The lowest BCUT2D eigenvalue weighted by molar-refractivity contribution is 0.534. The topological polar surface area (TPSA) is 104 Å². The third-order valence-electron chi connectivity index (χ3n) is 4.04. The minimum absolute atomic E-state index is 0. The summed E-state index contributed by atoms with van der Waals surface area (Å²) in [6.07, 6.45) is 1.85. The van der Waals surface area contributed by atoms with Gasteiger partial charge in [-0.3, -0.25) is 4.90 Å². The molecule has 4 N–H and O–H groups in total. The minimum atomic E-state index is -0.657. The molecule has 1 aliphatic heterocycles. The fraction of sp³-hybridized carbons (Fsp3) is 0.150. The van der Waals surface area contributed by atoms with E-state index in [0.29, 0.717) is 5.57 Å². The van der Waals surface area contributed by atoms with Gasteiger partial charge in [-0.05, 0) is 43.2 Å². The molecule has 7 heteroatoms. The number of halogens is 1. The summed E-state index contributed by atoms with van der Waals surface area (Å²) in [5.41, 5.74) is 14.3. The third kappa shape index (κ3) is 4.27. The maximum Gasteiger partial charge on any atom is 0.220 e. The molecule has 0 fully saturated rings. The number of guanidine groups is 2. The Bertz CT molecular complexity index is 954. The first-order chi connectivity index (χ1) is 12.4. The van der Waals surface area contributed by atoms with Crippen LogP contribution in [0.5, 0.6) is 0 Å². The molecule has 27 heavy (non-hydrogen) atoms. The van der Waals surface area contributed by atoms with Crippen molar-refractivity contribution in [2.24, 2.45) is 21.5 Å². The standard InChI is InChI=1S/C20H20N6.ClH/c1-20(2)25-18(22)24-19(23)26(20)17-10-6-7-14(12-17)11-16(13-21)15-8-4-3-5-9-15;/h3-12H,1-2H3,(H4,22,23,24,25);1H. The fourth-order valence-corrected chi connectivity index (χ4v) is 2.97. The highest BCUT2D eigenvalue weighted by Gasteiger charge is 2.32. The maximum atomic E-state index is 9.51. The average molecular weight is 381 g/mol. The van der Waals surface area contributed by atoms with Crippen LogP contribution in [0.2, 0.25) is 0 Å². The molecule has 0 saturated carbocycles. The van der Waals surface area contributed by atoms with Crippen LogP contribution in [-0.4, -0.2) is 17.6 Å². The molecule has 0 atom stereocenters. The van der Waals surface area contributed by atoms with Gasteiger partial charge in [-0.15, -0.1) is 12.4 Å². The van der Waals surface area contributed by atoms with Crippen molar-refractivity contribution in [3.05, 3.63) is 65.7 Å².